The van der Waals surface area contributed by atoms with Crippen molar-refractivity contribution in [2.45, 2.75) is 6.04 Å². The van der Waals surface area contributed by atoms with Crippen LogP contribution in [-0.2, 0) is 4.79 Å². The van der Waals surface area contributed by atoms with Crippen LogP contribution in [0.2, 0.25) is 0 Å². The standard InChI is InChI=1S/C8H7BrFNO2/c9-4-1-2-5(6(10)3-4)7(11)8(12)13/h1-3,7H,11H2,(H,12,13). The van der Waals surface area contributed by atoms with Crippen LogP contribution in [0, 0.1) is 5.82 Å². The van der Waals surface area contributed by atoms with Crippen molar-refractivity contribution < 1.29 is 14.3 Å². The van der Waals surface area contributed by atoms with E-state index in [9.17, 15) is 9.18 Å². The molecule has 70 valence electrons. The van der Waals surface area contributed by atoms with Gasteiger partial charge in [-0.25, -0.2) is 4.39 Å². The number of halogens is 2. The number of aliphatic carboxylic acids is 1. The van der Waals surface area contributed by atoms with E-state index in [-0.39, 0.29) is 5.56 Å². The lowest BCUT2D eigenvalue weighted by Crippen LogP contribution is -2.21. The third-order valence-electron chi connectivity index (χ3n) is 1.56. The van der Waals surface area contributed by atoms with Crippen LogP contribution in [0.15, 0.2) is 22.7 Å². The molecule has 0 bridgehead atoms. The summed E-state index contributed by atoms with van der Waals surface area (Å²) in [7, 11) is 0. The van der Waals surface area contributed by atoms with Crippen molar-refractivity contribution in [1.82, 2.24) is 0 Å². The Labute approximate surface area is 82.5 Å². The van der Waals surface area contributed by atoms with Gasteiger partial charge in [0.2, 0.25) is 0 Å². The monoisotopic (exact) mass is 247 g/mol. The number of carbonyl (C=O) groups is 1. The zero-order valence-electron chi connectivity index (χ0n) is 6.50. The molecule has 1 aromatic rings. The highest BCUT2D eigenvalue weighted by atomic mass is 79.9. The predicted octanol–water partition coefficient (Wildman–Crippen LogP) is 1.67. The van der Waals surface area contributed by atoms with Crippen LogP contribution in [0.4, 0.5) is 4.39 Å². The minimum atomic E-state index is -1.31. The molecule has 5 heteroatoms. The van der Waals surface area contributed by atoms with Crippen LogP contribution in [0.3, 0.4) is 0 Å². The Kier molecular flexibility index (Phi) is 3.00. The van der Waals surface area contributed by atoms with Gasteiger partial charge in [0.25, 0.3) is 0 Å². The van der Waals surface area contributed by atoms with Crippen molar-refractivity contribution >= 4 is 21.9 Å². The Hall–Kier alpha value is -0.940. The second-order valence-electron chi connectivity index (χ2n) is 2.48. The van der Waals surface area contributed by atoms with E-state index in [1.807, 2.05) is 0 Å². The number of benzene rings is 1. The average Bonchev–Trinajstić information content (AvgIpc) is 2.03. The molecule has 1 rings (SSSR count). The second kappa shape index (κ2) is 3.85. The fourth-order valence-corrected chi connectivity index (χ4v) is 1.22. The number of hydrogen-bond acceptors (Lipinski definition) is 2. The van der Waals surface area contributed by atoms with Gasteiger partial charge in [-0.05, 0) is 12.1 Å². The minimum Gasteiger partial charge on any atom is -0.480 e. The summed E-state index contributed by atoms with van der Waals surface area (Å²) in [5.41, 5.74) is 5.22. The van der Waals surface area contributed by atoms with E-state index in [0.717, 1.165) is 0 Å². The van der Waals surface area contributed by atoms with Crippen LogP contribution in [0.1, 0.15) is 11.6 Å². The van der Waals surface area contributed by atoms with E-state index in [4.69, 9.17) is 10.8 Å². The molecule has 0 spiro atoms. The number of carboxylic acid groups (broad SMARTS) is 1. The summed E-state index contributed by atoms with van der Waals surface area (Å²) in [4.78, 5) is 10.4. The molecule has 13 heavy (non-hydrogen) atoms. The van der Waals surface area contributed by atoms with Crippen molar-refractivity contribution in [3.05, 3.63) is 34.1 Å². The van der Waals surface area contributed by atoms with Crippen molar-refractivity contribution in [3.8, 4) is 0 Å². The van der Waals surface area contributed by atoms with Crippen molar-refractivity contribution in [1.29, 1.82) is 0 Å². The maximum Gasteiger partial charge on any atom is 0.325 e. The first kappa shape index (κ1) is 10.1. The van der Waals surface area contributed by atoms with E-state index >= 15 is 0 Å². The lowest BCUT2D eigenvalue weighted by Gasteiger charge is -2.07. The highest BCUT2D eigenvalue weighted by Crippen LogP contribution is 2.19. The maximum absolute atomic E-state index is 13.1. The molecule has 0 amide bonds. The molecule has 1 aromatic carbocycles. The number of hydrogen-bond donors (Lipinski definition) is 2. The Bertz CT molecular complexity index is 343. The summed E-state index contributed by atoms with van der Waals surface area (Å²) in [6.07, 6.45) is 0. The van der Waals surface area contributed by atoms with Gasteiger partial charge in [-0.3, -0.25) is 4.79 Å². The molecule has 0 heterocycles. The van der Waals surface area contributed by atoms with Gasteiger partial charge in [-0.1, -0.05) is 22.0 Å². The summed E-state index contributed by atoms with van der Waals surface area (Å²) in [5, 5.41) is 8.53. The Morgan fingerprint density at radius 2 is 2.23 bits per heavy atom. The molecule has 1 unspecified atom stereocenters. The SMILES string of the molecule is NC(C(=O)O)c1ccc(Br)cc1F. The molecule has 0 saturated heterocycles. The summed E-state index contributed by atoms with van der Waals surface area (Å²) >= 11 is 3.05. The van der Waals surface area contributed by atoms with E-state index in [1.165, 1.54) is 12.1 Å². The summed E-state index contributed by atoms with van der Waals surface area (Å²) in [6, 6.07) is 2.76. The zero-order chi connectivity index (χ0) is 10.0. The molecule has 0 aliphatic carbocycles. The van der Waals surface area contributed by atoms with E-state index in [2.05, 4.69) is 15.9 Å². The van der Waals surface area contributed by atoms with E-state index in [1.54, 1.807) is 6.07 Å². The molecule has 0 saturated carbocycles. The molecule has 0 aliphatic heterocycles. The Balaban J connectivity index is 3.08. The van der Waals surface area contributed by atoms with Crippen molar-refractivity contribution in [3.63, 3.8) is 0 Å². The molecular weight excluding hydrogens is 241 g/mol. The van der Waals surface area contributed by atoms with Gasteiger partial charge < -0.3 is 10.8 Å². The third kappa shape index (κ3) is 2.26. The van der Waals surface area contributed by atoms with Gasteiger partial charge >= 0.3 is 5.97 Å². The molecule has 3 nitrogen and oxygen atoms in total. The van der Waals surface area contributed by atoms with Crippen LogP contribution in [-0.4, -0.2) is 11.1 Å². The number of rotatable bonds is 2. The average molecular weight is 248 g/mol. The van der Waals surface area contributed by atoms with Crippen LogP contribution in [0.25, 0.3) is 0 Å². The Morgan fingerprint density at radius 3 is 2.69 bits per heavy atom. The first-order valence-electron chi connectivity index (χ1n) is 3.45. The molecule has 1 atom stereocenters. The highest BCUT2D eigenvalue weighted by molar-refractivity contribution is 9.10. The summed E-state index contributed by atoms with van der Waals surface area (Å²) in [5.74, 6) is -1.87. The van der Waals surface area contributed by atoms with Crippen molar-refractivity contribution in [2.24, 2.45) is 5.73 Å². The van der Waals surface area contributed by atoms with Gasteiger partial charge in [0, 0.05) is 10.0 Å². The van der Waals surface area contributed by atoms with E-state index in [0.29, 0.717) is 4.47 Å². The van der Waals surface area contributed by atoms with Gasteiger partial charge in [0.1, 0.15) is 11.9 Å². The quantitative estimate of drug-likeness (QED) is 0.836. The smallest absolute Gasteiger partial charge is 0.325 e. The maximum atomic E-state index is 13.1. The van der Waals surface area contributed by atoms with E-state index < -0.39 is 17.8 Å². The molecule has 0 radical (unpaired) electrons. The van der Waals surface area contributed by atoms with Crippen LogP contribution >= 0.6 is 15.9 Å². The molecule has 0 aromatic heterocycles. The van der Waals surface area contributed by atoms with Gasteiger partial charge in [-0.2, -0.15) is 0 Å². The first-order chi connectivity index (χ1) is 6.02. The molecule has 3 N–H and O–H groups in total. The fraction of sp³-hybridized carbons (Fsp3) is 0.125. The van der Waals surface area contributed by atoms with Crippen LogP contribution < -0.4 is 5.73 Å². The van der Waals surface area contributed by atoms with Gasteiger partial charge in [0.15, 0.2) is 0 Å². The third-order valence-corrected chi connectivity index (χ3v) is 2.06. The predicted molar refractivity (Wildman–Crippen MR) is 48.7 cm³/mol. The van der Waals surface area contributed by atoms with Gasteiger partial charge in [0.05, 0.1) is 0 Å². The summed E-state index contributed by atoms with van der Waals surface area (Å²) in [6.45, 7) is 0. The van der Waals surface area contributed by atoms with Gasteiger partial charge in [-0.15, -0.1) is 0 Å². The topological polar surface area (TPSA) is 63.3 Å². The fourth-order valence-electron chi connectivity index (χ4n) is 0.887. The number of nitrogens with two attached hydrogens (primary N) is 1. The molecule has 0 fully saturated rings. The lowest BCUT2D eigenvalue weighted by molar-refractivity contribution is -0.138. The Morgan fingerprint density at radius 1 is 1.62 bits per heavy atom. The zero-order valence-corrected chi connectivity index (χ0v) is 8.08. The lowest BCUT2D eigenvalue weighted by atomic mass is 10.1. The van der Waals surface area contributed by atoms with Crippen LogP contribution in [0.5, 0.6) is 0 Å². The highest BCUT2D eigenvalue weighted by Gasteiger charge is 2.17. The van der Waals surface area contributed by atoms with Crippen molar-refractivity contribution in [2.75, 3.05) is 0 Å². The second-order valence-corrected chi connectivity index (χ2v) is 3.40. The molecule has 0 aliphatic rings. The normalized spacial score (nSPS) is 12.5. The first-order valence-corrected chi connectivity index (χ1v) is 4.25. The largest absolute Gasteiger partial charge is 0.480 e. The number of carboxylic acids is 1. The minimum absolute atomic E-state index is 0.0179. The molecular formula is C8H7BrFNO2. The summed E-state index contributed by atoms with van der Waals surface area (Å²) < 4.78 is 13.6.